The van der Waals surface area contributed by atoms with Crippen molar-refractivity contribution in [1.82, 2.24) is 5.32 Å². The van der Waals surface area contributed by atoms with Gasteiger partial charge < -0.3 is 15.4 Å². The molecule has 0 saturated carbocycles. The lowest BCUT2D eigenvalue weighted by Crippen LogP contribution is -2.18. The van der Waals surface area contributed by atoms with Gasteiger partial charge in [0, 0.05) is 6.42 Å². The molecule has 4 heteroatoms. The Morgan fingerprint density at radius 3 is 3.05 bits per heavy atom. The monoisotopic (exact) mass is 262 g/mol. The first-order valence-corrected chi connectivity index (χ1v) is 6.93. The number of ether oxygens (including phenoxy) is 1. The maximum atomic E-state index is 12.0. The van der Waals surface area contributed by atoms with Crippen molar-refractivity contribution in [2.24, 2.45) is 5.92 Å². The Morgan fingerprint density at radius 1 is 1.53 bits per heavy atom. The summed E-state index contributed by atoms with van der Waals surface area (Å²) in [6.07, 6.45) is 1.66. The Bertz CT molecular complexity index is 440. The van der Waals surface area contributed by atoms with E-state index in [1.807, 2.05) is 32.0 Å². The minimum atomic E-state index is 0.0681. The van der Waals surface area contributed by atoms with Crippen LogP contribution >= 0.6 is 0 Å². The zero-order valence-electron chi connectivity index (χ0n) is 11.7. The highest BCUT2D eigenvalue weighted by atomic mass is 16.5. The molecule has 0 spiro atoms. The second kappa shape index (κ2) is 6.57. The molecule has 1 amide bonds. The molecule has 4 nitrogen and oxygen atoms in total. The van der Waals surface area contributed by atoms with E-state index in [9.17, 15) is 4.79 Å². The van der Waals surface area contributed by atoms with Crippen molar-refractivity contribution in [3.05, 3.63) is 23.8 Å². The summed E-state index contributed by atoms with van der Waals surface area (Å²) >= 11 is 0. The van der Waals surface area contributed by atoms with Crippen LogP contribution in [0.1, 0.15) is 25.3 Å². The van der Waals surface area contributed by atoms with E-state index in [1.54, 1.807) is 0 Å². The van der Waals surface area contributed by atoms with E-state index in [0.29, 0.717) is 18.9 Å². The molecule has 2 N–H and O–H groups in total. The molecule has 1 aliphatic rings. The van der Waals surface area contributed by atoms with Gasteiger partial charge in [0.25, 0.3) is 0 Å². The number of rotatable bonds is 5. The predicted octanol–water partition coefficient (Wildman–Crippen LogP) is 2.33. The smallest absolute Gasteiger partial charge is 0.224 e. The van der Waals surface area contributed by atoms with Gasteiger partial charge in [0.05, 0.1) is 12.3 Å². The third kappa shape index (κ3) is 3.96. The zero-order chi connectivity index (χ0) is 13.7. The summed E-state index contributed by atoms with van der Waals surface area (Å²) < 4.78 is 5.56. The Kier molecular flexibility index (Phi) is 4.80. The van der Waals surface area contributed by atoms with Crippen LogP contribution in [0.25, 0.3) is 0 Å². The number of amides is 1. The molecule has 1 fully saturated rings. The Balaban J connectivity index is 1.98. The topological polar surface area (TPSA) is 50.4 Å². The van der Waals surface area contributed by atoms with Gasteiger partial charge in [0.2, 0.25) is 5.91 Å². The summed E-state index contributed by atoms with van der Waals surface area (Å²) in [7, 11) is 0. The Labute approximate surface area is 114 Å². The number of anilines is 1. The fraction of sp³-hybridized carbons (Fsp3) is 0.533. The molecule has 0 aromatic heterocycles. The van der Waals surface area contributed by atoms with Crippen molar-refractivity contribution < 1.29 is 9.53 Å². The maximum Gasteiger partial charge on any atom is 0.224 e. The lowest BCUT2D eigenvalue weighted by atomic mass is 10.0. The first-order valence-electron chi connectivity index (χ1n) is 6.93. The average molecular weight is 262 g/mol. The quantitative estimate of drug-likeness (QED) is 0.856. The van der Waals surface area contributed by atoms with Gasteiger partial charge in [0.15, 0.2) is 0 Å². The molecule has 1 saturated heterocycles. The number of nitrogens with one attached hydrogen (secondary N) is 2. The highest BCUT2D eigenvalue weighted by molar-refractivity contribution is 5.92. The predicted molar refractivity (Wildman–Crippen MR) is 76.6 cm³/mol. The van der Waals surface area contributed by atoms with E-state index in [4.69, 9.17) is 4.74 Å². The van der Waals surface area contributed by atoms with Crippen LogP contribution < -0.4 is 15.4 Å². The third-order valence-electron chi connectivity index (χ3n) is 3.35. The van der Waals surface area contributed by atoms with Gasteiger partial charge in [-0.05, 0) is 57.0 Å². The molecule has 0 aliphatic carbocycles. The maximum absolute atomic E-state index is 12.0. The Morgan fingerprint density at radius 2 is 2.37 bits per heavy atom. The van der Waals surface area contributed by atoms with Crippen molar-refractivity contribution in [1.29, 1.82) is 0 Å². The van der Waals surface area contributed by atoms with E-state index in [1.165, 1.54) is 0 Å². The molecule has 0 bridgehead atoms. The molecule has 1 aliphatic heterocycles. The third-order valence-corrected chi connectivity index (χ3v) is 3.35. The fourth-order valence-corrected chi connectivity index (χ4v) is 2.36. The van der Waals surface area contributed by atoms with E-state index in [2.05, 4.69) is 10.6 Å². The molecule has 1 heterocycles. The molecular weight excluding hydrogens is 240 g/mol. The van der Waals surface area contributed by atoms with Crippen LogP contribution in [0.4, 0.5) is 5.69 Å². The van der Waals surface area contributed by atoms with Gasteiger partial charge in [-0.25, -0.2) is 0 Å². The number of aryl methyl sites for hydroxylation is 1. The summed E-state index contributed by atoms with van der Waals surface area (Å²) in [5.74, 6) is 1.28. The van der Waals surface area contributed by atoms with E-state index < -0.39 is 0 Å². The van der Waals surface area contributed by atoms with Crippen molar-refractivity contribution >= 4 is 11.6 Å². The van der Waals surface area contributed by atoms with Crippen LogP contribution in [0, 0.1) is 12.8 Å². The van der Waals surface area contributed by atoms with Gasteiger partial charge >= 0.3 is 0 Å². The van der Waals surface area contributed by atoms with E-state index in [0.717, 1.165) is 36.5 Å². The minimum absolute atomic E-state index is 0.0681. The largest absolute Gasteiger partial charge is 0.492 e. The van der Waals surface area contributed by atoms with E-state index in [-0.39, 0.29) is 5.91 Å². The van der Waals surface area contributed by atoms with Gasteiger partial charge in [0.1, 0.15) is 5.75 Å². The summed E-state index contributed by atoms with van der Waals surface area (Å²) in [6.45, 7) is 6.52. The fourth-order valence-electron chi connectivity index (χ4n) is 2.36. The number of carbonyl (C=O) groups excluding carboxylic acids is 1. The van der Waals surface area contributed by atoms with Crippen LogP contribution in [0.3, 0.4) is 0 Å². The molecule has 1 aromatic rings. The lowest BCUT2D eigenvalue weighted by Gasteiger charge is -2.13. The van der Waals surface area contributed by atoms with Crippen LogP contribution in [0.5, 0.6) is 5.75 Å². The van der Waals surface area contributed by atoms with Gasteiger partial charge in [-0.3, -0.25) is 4.79 Å². The molecular formula is C15H22N2O2. The van der Waals surface area contributed by atoms with E-state index >= 15 is 0 Å². The van der Waals surface area contributed by atoms with Crippen LogP contribution in [-0.2, 0) is 4.79 Å². The summed E-state index contributed by atoms with van der Waals surface area (Å²) in [5, 5.41) is 6.23. The Hall–Kier alpha value is -1.55. The lowest BCUT2D eigenvalue weighted by molar-refractivity contribution is -0.117. The molecule has 1 atom stereocenters. The van der Waals surface area contributed by atoms with Crippen molar-refractivity contribution in [3.8, 4) is 5.75 Å². The molecule has 1 unspecified atom stereocenters. The van der Waals surface area contributed by atoms with Gasteiger partial charge in [-0.1, -0.05) is 6.07 Å². The number of hydrogen-bond acceptors (Lipinski definition) is 3. The van der Waals surface area contributed by atoms with Gasteiger partial charge in [-0.15, -0.1) is 0 Å². The highest BCUT2D eigenvalue weighted by Gasteiger charge is 2.18. The van der Waals surface area contributed by atoms with Crippen molar-refractivity contribution in [2.75, 3.05) is 25.0 Å². The number of carbonyl (C=O) groups is 1. The first kappa shape index (κ1) is 13.9. The highest BCUT2D eigenvalue weighted by Crippen LogP contribution is 2.26. The summed E-state index contributed by atoms with van der Waals surface area (Å²) in [4.78, 5) is 12.0. The normalized spacial score (nSPS) is 18.3. The number of benzene rings is 1. The second-order valence-electron chi connectivity index (χ2n) is 5.04. The van der Waals surface area contributed by atoms with Crippen LogP contribution in [0.15, 0.2) is 18.2 Å². The molecule has 1 aromatic carbocycles. The SMILES string of the molecule is CCOc1cc(C)ccc1NC(=O)CC1CCNC1. The van der Waals surface area contributed by atoms with Crippen LogP contribution in [0.2, 0.25) is 0 Å². The summed E-state index contributed by atoms with van der Waals surface area (Å²) in [5.41, 5.74) is 1.89. The van der Waals surface area contributed by atoms with Crippen molar-refractivity contribution in [3.63, 3.8) is 0 Å². The molecule has 19 heavy (non-hydrogen) atoms. The van der Waals surface area contributed by atoms with Crippen LogP contribution in [-0.4, -0.2) is 25.6 Å². The zero-order valence-corrected chi connectivity index (χ0v) is 11.7. The van der Waals surface area contributed by atoms with Crippen molar-refractivity contribution in [2.45, 2.75) is 26.7 Å². The standard InChI is InChI=1S/C15H22N2O2/c1-3-19-14-8-11(2)4-5-13(14)17-15(18)9-12-6-7-16-10-12/h4-5,8,12,16H,3,6-7,9-10H2,1-2H3,(H,17,18). The van der Waals surface area contributed by atoms with Gasteiger partial charge in [-0.2, -0.15) is 0 Å². The molecule has 2 rings (SSSR count). The summed E-state index contributed by atoms with van der Waals surface area (Å²) in [6, 6.07) is 5.84. The minimum Gasteiger partial charge on any atom is -0.492 e. The molecule has 104 valence electrons. The average Bonchev–Trinajstić information content (AvgIpc) is 2.86. The number of hydrogen-bond donors (Lipinski definition) is 2. The second-order valence-corrected chi connectivity index (χ2v) is 5.04. The molecule has 0 radical (unpaired) electrons. The first-order chi connectivity index (χ1) is 9.19.